The lowest BCUT2D eigenvalue weighted by molar-refractivity contribution is 0.102. The first-order valence-electron chi connectivity index (χ1n) is 10.9. The van der Waals surface area contributed by atoms with Gasteiger partial charge in [0.15, 0.2) is 17.4 Å². The number of nitrogens with one attached hydrogen (secondary N) is 2. The Morgan fingerprint density at radius 1 is 1.06 bits per heavy atom. The molecule has 4 aromatic rings. The van der Waals surface area contributed by atoms with Crippen LogP contribution in [0.3, 0.4) is 0 Å². The molecule has 0 radical (unpaired) electrons. The maximum atomic E-state index is 13.6. The quantitative estimate of drug-likeness (QED) is 0.363. The van der Waals surface area contributed by atoms with Crippen molar-refractivity contribution in [2.75, 3.05) is 36.4 Å². The van der Waals surface area contributed by atoms with Crippen LogP contribution in [0.5, 0.6) is 5.75 Å². The van der Waals surface area contributed by atoms with Crippen LogP contribution in [-0.4, -0.2) is 46.6 Å². The largest absolute Gasteiger partial charge is 0.503 e. The van der Waals surface area contributed by atoms with E-state index in [-0.39, 0.29) is 23.8 Å². The number of fused-ring (bicyclic) bond motifs is 1. The second kappa shape index (κ2) is 9.89. The Morgan fingerprint density at radius 2 is 1.71 bits per heavy atom. The molecule has 1 amide bonds. The highest BCUT2D eigenvalue weighted by Gasteiger charge is 2.18. The molecule has 1 saturated heterocycles. The molecule has 0 aliphatic carbocycles. The van der Waals surface area contributed by atoms with Crippen molar-refractivity contribution in [1.82, 2.24) is 14.7 Å². The second-order valence-corrected chi connectivity index (χ2v) is 8.23. The highest BCUT2D eigenvalue weighted by Crippen LogP contribution is 2.29. The molecule has 0 saturated carbocycles. The molecular formula is C25H24ClF2N5O2. The Morgan fingerprint density at radius 3 is 2.37 bits per heavy atom. The van der Waals surface area contributed by atoms with Gasteiger partial charge in [-0.25, -0.2) is 13.8 Å². The maximum Gasteiger partial charge on any atom is 0.275 e. The fourth-order valence-corrected chi connectivity index (χ4v) is 4.14. The van der Waals surface area contributed by atoms with E-state index in [1.807, 2.05) is 35.6 Å². The van der Waals surface area contributed by atoms with E-state index in [2.05, 4.69) is 32.7 Å². The van der Waals surface area contributed by atoms with Gasteiger partial charge in [0, 0.05) is 67.1 Å². The number of halogens is 3. The van der Waals surface area contributed by atoms with Crippen molar-refractivity contribution in [2.24, 2.45) is 0 Å². The number of carbonyl (C=O) groups excluding carboxylic acids is 1. The molecule has 2 aromatic carbocycles. The highest BCUT2D eigenvalue weighted by molar-refractivity contribution is 6.03. The highest BCUT2D eigenvalue weighted by atomic mass is 35.5. The number of nitrogens with zero attached hydrogens (tertiary/aromatic N) is 3. The number of benzene rings is 2. The van der Waals surface area contributed by atoms with Crippen LogP contribution in [0.4, 0.5) is 20.2 Å². The molecule has 35 heavy (non-hydrogen) atoms. The second-order valence-electron chi connectivity index (χ2n) is 8.23. The first-order chi connectivity index (χ1) is 16.4. The summed E-state index contributed by atoms with van der Waals surface area (Å²) in [5.74, 6) is -4.03. The first-order valence-corrected chi connectivity index (χ1v) is 10.9. The van der Waals surface area contributed by atoms with E-state index >= 15 is 0 Å². The molecule has 7 nitrogen and oxygen atoms in total. The summed E-state index contributed by atoms with van der Waals surface area (Å²) < 4.78 is 29.1. The van der Waals surface area contributed by atoms with Crippen LogP contribution in [0.2, 0.25) is 0 Å². The number of aromatic nitrogens is 2. The summed E-state index contributed by atoms with van der Waals surface area (Å²) >= 11 is 0. The number of rotatable bonds is 4. The number of phenols is 1. The Labute approximate surface area is 206 Å². The number of hydrogen-bond donors (Lipinski definition) is 3. The van der Waals surface area contributed by atoms with Gasteiger partial charge in [0.05, 0.1) is 0 Å². The number of aromatic hydroxyl groups is 1. The number of pyridine rings is 1. The van der Waals surface area contributed by atoms with Gasteiger partial charge in [0.2, 0.25) is 0 Å². The van der Waals surface area contributed by atoms with Gasteiger partial charge in [0.1, 0.15) is 11.3 Å². The summed E-state index contributed by atoms with van der Waals surface area (Å²) in [6.07, 6.45) is 1.59. The van der Waals surface area contributed by atoms with E-state index in [0.29, 0.717) is 5.65 Å². The minimum absolute atomic E-state index is 0. The van der Waals surface area contributed by atoms with Crippen LogP contribution < -0.4 is 15.5 Å². The van der Waals surface area contributed by atoms with Crippen molar-refractivity contribution in [2.45, 2.75) is 6.92 Å². The summed E-state index contributed by atoms with van der Waals surface area (Å²) in [7, 11) is 0. The third-order valence-corrected chi connectivity index (χ3v) is 5.99. The number of piperazine rings is 1. The smallest absolute Gasteiger partial charge is 0.275 e. The Bertz CT molecular complexity index is 1360. The third-order valence-electron chi connectivity index (χ3n) is 5.99. The van der Waals surface area contributed by atoms with E-state index in [1.54, 1.807) is 6.20 Å². The summed E-state index contributed by atoms with van der Waals surface area (Å²) in [5, 5.41) is 15.0. The van der Waals surface area contributed by atoms with Crippen molar-refractivity contribution in [3.63, 3.8) is 0 Å². The zero-order chi connectivity index (χ0) is 23.8. The lowest BCUT2D eigenvalue weighted by atomic mass is 10.1. The van der Waals surface area contributed by atoms with Crippen molar-refractivity contribution in [1.29, 1.82) is 0 Å². The van der Waals surface area contributed by atoms with Gasteiger partial charge >= 0.3 is 0 Å². The molecule has 10 heteroatoms. The molecule has 5 rings (SSSR count). The van der Waals surface area contributed by atoms with Crippen molar-refractivity contribution in [3.05, 3.63) is 77.8 Å². The Balaban J connectivity index is 0.00000289. The first kappa shape index (κ1) is 24.4. The molecule has 0 spiro atoms. The number of amides is 1. The zero-order valence-electron chi connectivity index (χ0n) is 18.9. The topological polar surface area (TPSA) is 81.9 Å². The van der Waals surface area contributed by atoms with Gasteiger partial charge in [-0.15, -0.1) is 12.4 Å². The van der Waals surface area contributed by atoms with Crippen LogP contribution in [0.25, 0.3) is 16.8 Å². The minimum Gasteiger partial charge on any atom is -0.503 e. The normalized spacial score (nSPS) is 13.5. The third kappa shape index (κ3) is 4.78. The van der Waals surface area contributed by atoms with Crippen molar-refractivity contribution in [3.8, 4) is 16.9 Å². The van der Waals surface area contributed by atoms with Gasteiger partial charge < -0.3 is 25.0 Å². The molecule has 0 atom stereocenters. The summed E-state index contributed by atoms with van der Waals surface area (Å²) in [6.45, 7) is 5.74. The van der Waals surface area contributed by atoms with Crippen molar-refractivity contribution < 1.29 is 18.7 Å². The standard InChI is InChI=1S/C25H23F2N5O2.ClH/c1-15-2-7-19(16-3-5-18(6-4-16)31-10-8-28-9-11-31)24-30-22(14-32(15)24)25(34)29-17-12-20(26)23(33)21(27)13-17;/h2-7,12-14,28,33H,8-11H2,1H3,(H,29,34);1H. The predicted molar refractivity (Wildman–Crippen MR) is 134 cm³/mol. The number of phenolic OH excluding ortho intramolecular Hbond substituents is 1. The fraction of sp³-hybridized carbons (Fsp3) is 0.200. The molecule has 2 aromatic heterocycles. The van der Waals surface area contributed by atoms with Crippen LogP contribution in [0.1, 0.15) is 16.2 Å². The molecule has 3 heterocycles. The fourth-order valence-electron chi connectivity index (χ4n) is 4.14. The van der Waals surface area contributed by atoms with E-state index in [9.17, 15) is 18.7 Å². The summed E-state index contributed by atoms with van der Waals surface area (Å²) in [6, 6.07) is 13.9. The molecule has 3 N–H and O–H groups in total. The monoisotopic (exact) mass is 499 g/mol. The number of carbonyl (C=O) groups is 1. The molecule has 182 valence electrons. The minimum atomic E-state index is -1.16. The summed E-state index contributed by atoms with van der Waals surface area (Å²) in [5.41, 5.74) is 4.44. The molecule has 0 unspecified atom stereocenters. The van der Waals surface area contributed by atoms with Gasteiger partial charge in [-0.3, -0.25) is 4.79 Å². The zero-order valence-corrected chi connectivity index (χ0v) is 19.7. The molecule has 1 aliphatic rings. The number of aryl methyl sites for hydroxylation is 1. The van der Waals surface area contributed by atoms with Gasteiger partial charge in [-0.2, -0.15) is 0 Å². The maximum absolute atomic E-state index is 13.6. The average molecular weight is 500 g/mol. The van der Waals surface area contributed by atoms with E-state index in [0.717, 1.165) is 60.8 Å². The SMILES string of the molecule is Cc1ccc(-c2ccc(N3CCNCC3)cc2)c2nc(C(=O)Nc3cc(F)c(O)c(F)c3)cn12.Cl. The Hall–Kier alpha value is -3.69. The molecule has 1 fully saturated rings. The Kier molecular flexibility index (Phi) is 6.90. The van der Waals surface area contributed by atoms with E-state index in [4.69, 9.17) is 0 Å². The van der Waals surface area contributed by atoms with Crippen LogP contribution in [-0.2, 0) is 0 Å². The molecular weight excluding hydrogens is 476 g/mol. The lowest BCUT2D eigenvalue weighted by Gasteiger charge is -2.29. The number of hydrogen-bond acceptors (Lipinski definition) is 5. The van der Waals surface area contributed by atoms with E-state index < -0.39 is 23.3 Å². The summed E-state index contributed by atoms with van der Waals surface area (Å²) in [4.78, 5) is 19.6. The van der Waals surface area contributed by atoms with Crippen LogP contribution in [0, 0.1) is 18.6 Å². The van der Waals surface area contributed by atoms with Crippen LogP contribution >= 0.6 is 12.4 Å². The average Bonchev–Trinajstić information content (AvgIpc) is 3.30. The van der Waals surface area contributed by atoms with Gasteiger partial charge in [-0.1, -0.05) is 12.1 Å². The predicted octanol–water partition coefficient (Wildman–Crippen LogP) is 4.38. The van der Waals surface area contributed by atoms with Gasteiger partial charge in [0.25, 0.3) is 5.91 Å². The van der Waals surface area contributed by atoms with Crippen molar-refractivity contribution >= 4 is 35.3 Å². The lowest BCUT2D eigenvalue weighted by Crippen LogP contribution is -2.43. The number of imidazole rings is 1. The van der Waals surface area contributed by atoms with Crippen LogP contribution in [0.15, 0.2) is 54.7 Å². The molecule has 1 aliphatic heterocycles. The molecule has 0 bridgehead atoms. The van der Waals surface area contributed by atoms with Gasteiger partial charge in [-0.05, 0) is 36.8 Å². The van der Waals surface area contributed by atoms with E-state index in [1.165, 1.54) is 0 Å². The number of anilines is 2.